The Morgan fingerprint density at radius 2 is 1.88 bits per heavy atom. The zero-order valence-corrected chi connectivity index (χ0v) is 16.5. The first-order valence-corrected chi connectivity index (χ1v) is 9.79. The van der Waals surface area contributed by atoms with Crippen molar-refractivity contribution in [1.29, 1.82) is 0 Å². The molecule has 1 aromatic carbocycles. The van der Waals surface area contributed by atoms with Crippen LogP contribution in [0.1, 0.15) is 83.3 Å². The van der Waals surface area contributed by atoms with E-state index in [-0.39, 0.29) is 17.2 Å². The number of halogens is 1. The van der Waals surface area contributed by atoms with Gasteiger partial charge in [0.1, 0.15) is 5.75 Å². The molecule has 0 fully saturated rings. The molecule has 0 bridgehead atoms. The van der Waals surface area contributed by atoms with E-state index in [0.29, 0.717) is 12.0 Å². The summed E-state index contributed by atoms with van der Waals surface area (Å²) < 4.78 is 14.8. The van der Waals surface area contributed by atoms with E-state index in [4.69, 9.17) is 0 Å². The average molecular weight is 365 g/mol. The standard InChI is InChI=1S/C22H33FO3/c1-5-6-7-8-9-15-13-18(24)19(21(25)20(15)23)16-12-14(2)10-11-17(16)22(3,4)26/h12-13,16-17,24-26H,5-11H2,1-4H3. The Hall–Kier alpha value is -1.55. The van der Waals surface area contributed by atoms with Gasteiger partial charge in [-0.3, -0.25) is 0 Å². The van der Waals surface area contributed by atoms with Crippen molar-refractivity contribution < 1.29 is 19.7 Å². The van der Waals surface area contributed by atoms with Crippen LogP contribution in [0.4, 0.5) is 4.39 Å². The number of unbranched alkanes of at least 4 members (excludes halogenated alkanes) is 3. The Labute approximate surface area is 156 Å². The third-order valence-corrected chi connectivity index (χ3v) is 5.62. The molecular formula is C22H33FO3. The first-order valence-electron chi connectivity index (χ1n) is 9.79. The molecule has 1 aliphatic carbocycles. The molecule has 0 saturated carbocycles. The quantitative estimate of drug-likeness (QED) is 0.438. The highest BCUT2D eigenvalue weighted by molar-refractivity contribution is 5.52. The molecule has 0 aliphatic heterocycles. The van der Waals surface area contributed by atoms with Crippen LogP contribution in [-0.2, 0) is 6.42 Å². The Kier molecular flexibility index (Phi) is 6.73. The van der Waals surface area contributed by atoms with Gasteiger partial charge in [-0.15, -0.1) is 0 Å². The number of allylic oxidation sites excluding steroid dienone is 2. The van der Waals surface area contributed by atoms with Crippen molar-refractivity contribution in [2.45, 2.75) is 84.2 Å². The maximum Gasteiger partial charge on any atom is 0.168 e. The topological polar surface area (TPSA) is 60.7 Å². The highest BCUT2D eigenvalue weighted by atomic mass is 19.1. The van der Waals surface area contributed by atoms with Crippen LogP contribution in [0.2, 0.25) is 0 Å². The van der Waals surface area contributed by atoms with Crippen LogP contribution in [0.15, 0.2) is 17.7 Å². The van der Waals surface area contributed by atoms with Gasteiger partial charge in [-0.1, -0.05) is 37.8 Å². The van der Waals surface area contributed by atoms with Crippen LogP contribution in [-0.4, -0.2) is 20.9 Å². The first kappa shape index (κ1) is 20.8. The zero-order valence-electron chi connectivity index (χ0n) is 16.5. The molecule has 4 heteroatoms. The van der Waals surface area contributed by atoms with Crippen LogP contribution >= 0.6 is 0 Å². The predicted octanol–water partition coefficient (Wildman–Crippen LogP) is 5.57. The van der Waals surface area contributed by atoms with Crippen LogP contribution < -0.4 is 0 Å². The molecule has 1 aromatic rings. The summed E-state index contributed by atoms with van der Waals surface area (Å²) in [7, 11) is 0. The number of aromatic hydroxyl groups is 2. The van der Waals surface area contributed by atoms with Gasteiger partial charge in [0.25, 0.3) is 0 Å². The molecule has 1 aliphatic rings. The maximum absolute atomic E-state index is 14.8. The Morgan fingerprint density at radius 1 is 1.19 bits per heavy atom. The lowest BCUT2D eigenvalue weighted by molar-refractivity contribution is 0.00414. The predicted molar refractivity (Wildman–Crippen MR) is 103 cm³/mol. The summed E-state index contributed by atoms with van der Waals surface area (Å²) in [6, 6.07) is 1.45. The highest BCUT2D eigenvalue weighted by Gasteiger charge is 2.38. The number of benzene rings is 1. The smallest absolute Gasteiger partial charge is 0.168 e. The minimum atomic E-state index is -0.990. The van der Waals surface area contributed by atoms with Gasteiger partial charge in [0, 0.05) is 11.5 Å². The number of hydrogen-bond acceptors (Lipinski definition) is 3. The van der Waals surface area contributed by atoms with E-state index >= 15 is 0 Å². The second-order valence-electron chi connectivity index (χ2n) is 8.28. The minimum absolute atomic E-state index is 0.0837. The lowest BCUT2D eigenvalue weighted by Gasteiger charge is -2.38. The van der Waals surface area contributed by atoms with Gasteiger partial charge >= 0.3 is 0 Å². The fourth-order valence-corrected chi connectivity index (χ4v) is 4.10. The number of phenols is 2. The van der Waals surface area contributed by atoms with Crippen molar-refractivity contribution in [2.24, 2.45) is 5.92 Å². The lowest BCUT2D eigenvalue weighted by Crippen LogP contribution is -2.36. The van der Waals surface area contributed by atoms with Gasteiger partial charge < -0.3 is 15.3 Å². The largest absolute Gasteiger partial charge is 0.507 e. The Balaban J connectivity index is 2.39. The highest BCUT2D eigenvalue weighted by Crippen LogP contribution is 2.48. The third kappa shape index (κ3) is 4.59. The summed E-state index contributed by atoms with van der Waals surface area (Å²) in [5, 5.41) is 31.7. The second kappa shape index (κ2) is 8.43. The molecule has 26 heavy (non-hydrogen) atoms. The normalized spacial score (nSPS) is 20.9. The fraction of sp³-hybridized carbons (Fsp3) is 0.636. The summed E-state index contributed by atoms with van der Waals surface area (Å²) in [5.74, 6) is -1.80. The van der Waals surface area contributed by atoms with Crippen molar-refractivity contribution >= 4 is 0 Å². The molecule has 0 heterocycles. The maximum atomic E-state index is 14.8. The SMILES string of the molecule is CCCCCCc1cc(O)c(C2C=C(C)CCC2C(C)(C)O)c(O)c1F. The molecule has 0 spiro atoms. The lowest BCUT2D eigenvalue weighted by atomic mass is 9.69. The van der Waals surface area contributed by atoms with Crippen molar-refractivity contribution in [1.82, 2.24) is 0 Å². The molecule has 0 saturated heterocycles. The van der Waals surface area contributed by atoms with E-state index in [1.165, 1.54) is 6.07 Å². The molecular weight excluding hydrogens is 331 g/mol. The second-order valence-corrected chi connectivity index (χ2v) is 8.28. The molecule has 146 valence electrons. The van der Waals surface area contributed by atoms with E-state index in [0.717, 1.165) is 44.1 Å². The fourth-order valence-electron chi connectivity index (χ4n) is 4.10. The summed E-state index contributed by atoms with van der Waals surface area (Å²) in [6.07, 6.45) is 8.06. The third-order valence-electron chi connectivity index (χ3n) is 5.62. The summed E-state index contributed by atoms with van der Waals surface area (Å²) in [4.78, 5) is 0. The molecule has 3 N–H and O–H groups in total. The molecule has 2 atom stereocenters. The van der Waals surface area contributed by atoms with Crippen LogP contribution in [0.5, 0.6) is 11.5 Å². The number of phenolic OH excluding ortho intramolecular Hbond substituents is 2. The molecule has 2 rings (SSSR count). The number of hydrogen-bond donors (Lipinski definition) is 3. The van der Waals surface area contributed by atoms with Crippen LogP contribution in [0, 0.1) is 11.7 Å². The summed E-state index contributed by atoms with van der Waals surface area (Å²) >= 11 is 0. The number of aliphatic hydroxyl groups is 1. The van der Waals surface area contributed by atoms with Gasteiger partial charge in [-0.05, 0) is 64.0 Å². The van der Waals surface area contributed by atoms with Crippen molar-refractivity contribution in [3.05, 3.63) is 34.7 Å². The van der Waals surface area contributed by atoms with E-state index < -0.39 is 23.1 Å². The first-order chi connectivity index (χ1) is 12.2. The van der Waals surface area contributed by atoms with Gasteiger partial charge in [-0.25, -0.2) is 4.39 Å². The molecule has 2 unspecified atom stereocenters. The van der Waals surface area contributed by atoms with E-state index in [9.17, 15) is 19.7 Å². The monoisotopic (exact) mass is 364 g/mol. The van der Waals surface area contributed by atoms with Gasteiger partial charge in [0.05, 0.1) is 5.60 Å². The van der Waals surface area contributed by atoms with Gasteiger partial charge in [-0.2, -0.15) is 0 Å². The van der Waals surface area contributed by atoms with Crippen LogP contribution in [0.25, 0.3) is 0 Å². The van der Waals surface area contributed by atoms with E-state index in [1.807, 2.05) is 13.0 Å². The average Bonchev–Trinajstić information content (AvgIpc) is 2.55. The van der Waals surface area contributed by atoms with E-state index in [2.05, 4.69) is 6.92 Å². The Bertz CT molecular complexity index is 658. The van der Waals surface area contributed by atoms with Crippen LogP contribution in [0.3, 0.4) is 0 Å². The summed E-state index contributed by atoms with van der Waals surface area (Å²) in [6.45, 7) is 7.56. The molecule has 0 radical (unpaired) electrons. The number of aryl methyl sites for hydroxylation is 1. The number of rotatable bonds is 7. The summed E-state index contributed by atoms with van der Waals surface area (Å²) in [5.41, 5.74) is 0.691. The van der Waals surface area contributed by atoms with Gasteiger partial charge in [0.15, 0.2) is 11.6 Å². The Morgan fingerprint density at radius 3 is 2.50 bits per heavy atom. The van der Waals surface area contributed by atoms with Crippen molar-refractivity contribution in [3.63, 3.8) is 0 Å². The van der Waals surface area contributed by atoms with E-state index in [1.54, 1.807) is 13.8 Å². The minimum Gasteiger partial charge on any atom is -0.507 e. The molecule has 0 aromatic heterocycles. The zero-order chi connectivity index (χ0) is 19.5. The molecule has 3 nitrogen and oxygen atoms in total. The van der Waals surface area contributed by atoms with Crippen molar-refractivity contribution in [3.8, 4) is 11.5 Å². The van der Waals surface area contributed by atoms with Gasteiger partial charge in [0.2, 0.25) is 0 Å². The van der Waals surface area contributed by atoms with Crippen molar-refractivity contribution in [2.75, 3.05) is 0 Å². The molecule has 0 amide bonds.